The first kappa shape index (κ1) is 33.4. The SMILES string of the molecule is CCOC(=O)C1=C(C(F)(F)F)N=c2s/c(=C\c3cc(Br)c(OCc4ccc(Cl)cc4)c([N+](=O)[O-])c3)c(=O)n2[C@H]1c1ccc(Cl)cc1. The molecule has 0 saturated carbocycles. The minimum Gasteiger partial charge on any atom is -0.481 e. The monoisotopic (exact) mass is 755 g/mol. The van der Waals surface area contributed by atoms with Crippen LogP contribution in [-0.2, 0) is 16.1 Å². The van der Waals surface area contributed by atoms with Crippen LogP contribution in [0.3, 0.4) is 0 Å². The Hall–Kier alpha value is -3.98. The van der Waals surface area contributed by atoms with E-state index in [9.17, 15) is 32.9 Å². The highest BCUT2D eigenvalue weighted by atomic mass is 79.9. The lowest BCUT2D eigenvalue weighted by Crippen LogP contribution is -2.41. The zero-order valence-corrected chi connectivity index (χ0v) is 27.2. The molecule has 0 saturated heterocycles. The maximum atomic E-state index is 14.3. The molecule has 9 nitrogen and oxygen atoms in total. The lowest BCUT2D eigenvalue weighted by molar-refractivity contribution is -0.386. The van der Waals surface area contributed by atoms with Crippen molar-refractivity contribution in [2.24, 2.45) is 4.99 Å². The molecule has 0 N–H and O–H groups in total. The summed E-state index contributed by atoms with van der Waals surface area (Å²) in [6, 6.07) is 13.4. The van der Waals surface area contributed by atoms with Gasteiger partial charge in [0, 0.05) is 16.1 Å². The third-order valence-corrected chi connectivity index (χ3v) is 8.69. The number of nitro benzene ring substituents is 1. The molecule has 0 bridgehead atoms. The standard InChI is InChI=1S/C30H19BrCl2F3N3O6S/c1-2-44-28(41)23-24(17-5-9-19(33)10-6-17)38-27(40)22(46-29(38)37-26(23)30(34,35)36)13-16-11-20(31)25(21(12-16)39(42)43)45-14-15-3-7-18(32)8-4-15/h3-13,24H,2,14H2,1H3/b22-13-/t24-/m0/s1. The molecule has 238 valence electrons. The molecule has 1 aliphatic heterocycles. The molecule has 46 heavy (non-hydrogen) atoms. The predicted octanol–water partition coefficient (Wildman–Crippen LogP) is 6.90. The Morgan fingerprint density at radius 2 is 1.76 bits per heavy atom. The number of hydrogen-bond acceptors (Lipinski definition) is 8. The first-order valence-corrected chi connectivity index (χ1v) is 15.6. The van der Waals surface area contributed by atoms with E-state index in [0.29, 0.717) is 21.9 Å². The highest BCUT2D eigenvalue weighted by molar-refractivity contribution is 9.10. The van der Waals surface area contributed by atoms with Crippen molar-refractivity contribution in [1.29, 1.82) is 0 Å². The van der Waals surface area contributed by atoms with E-state index in [4.69, 9.17) is 32.7 Å². The van der Waals surface area contributed by atoms with Crippen molar-refractivity contribution in [3.8, 4) is 5.75 Å². The summed E-state index contributed by atoms with van der Waals surface area (Å²) in [7, 11) is 0. The zero-order chi connectivity index (χ0) is 33.3. The number of benzene rings is 3. The summed E-state index contributed by atoms with van der Waals surface area (Å²) in [5, 5.41) is 12.8. The summed E-state index contributed by atoms with van der Waals surface area (Å²) in [6.07, 6.45) is -3.79. The number of nitrogens with zero attached hydrogens (tertiary/aromatic N) is 3. The number of aromatic nitrogens is 1. The van der Waals surface area contributed by atoms with Crippen LogP contribution in [-0.4, -0.2) is 28.2 Å². The molecule has 5 rings (SSSR count). The number of nitro groups is 1. The molecule has 16 heteroatoms. The molecule has 0 fully saturated rings. The van der Waals surface area contributed by atoms with Crippen LogP contribution in [0.5, 0.6) is 5.75 Å². The molecule has 1 atom stereocenters. The van der Waals surface area contributed by atoms with Gasteiger partial charge >= 0.3 is 17.8 Å². The van der Waals surface area contributed by atoms with Gasteiger partial charge < -0.3 is 9.47 Å². The molecule has 4 aromatic rings. The van der Waals surface area contributed by atoms with Gasteiger partial charge in [0.25, 0.3) is 5.56 Å². The number of carbonyl (C=O) groups is 1. The minimum absolute atomic E-state index is 0.0103. The minimum atomic E-state index is -5.07. The van der Waals surface area contributed by atoms with E-state index >= 15 is 0 Å². The average Bonchev–Trinajstić information content (AvgIpc) is 3.30. The molecule has 0 amide bonds. The van der Waals surface area contributed by atoms with Crippen LogP contribution in [0.4, 0.5) is 18.9 Å². The summed E-state index contributed by atoms with van der Waals surface area (Å²) in [6.45, 7) is 1.20. The van der Waals surface area contributed by atoms with Crippen LogP contribution in [0.15, 0.2) is 86.2 Å². The summed E-state index contributed by atoms with van der Waals surface area (Å²) in [5.41, 5.74) is -2.55. The van der Waals surface area contributed by atoms with Gasteiger partial charge in [-0.1, -0.05) is 58.8 Å². The van der Waals surface area contributed by atoms with Gasteiger partial charge in [0.1, 0.15) is 6.61 Å². The number of halogens is 6. The van der Waals surface area contributed by atoms with Crippen molar-refractivity contribution in [1.82, 2.24) is 4.57 Å². The van der Waals surface area contributed by atoms with Gasteiger partial charge in [0.15, 0.2) is 10.5 Å². The molecule has 0 unspecified atom stereocenters. The van der Waals surface area contributed by atoms with E-state index in [1.165, 1.54) is 49.4 Å². The van der Waals surface area contributed by atoms with Crippen LogP contribution in [0, 0.1) is 10.1 Å². The Labute approximate surface area is 280 Å². The first-order valence-electron chi connectivity index (χ1n) is 13.2. The number of esters is 1. The molecule has 0 aliphatic carbocycles. The molecular formula is C30H19BrCl2F3N3O6S. The van der Waals surface area contributed by atoms with Crippen molar-refractivity contribution >= 4 is 68.2 Å². The van der Waals surface area contributed by atoms with Crippen molar-refractivity contribution in [3.63, 3.8) is 0 Å². The molecule has 0 spiro atoms. The Morgan fingerprint density at radius 1 is 1.13 bits per heavy atom. The average molecular weight is 757 g/mol. The number of fused-ring (bicyclic) bond motifs is 1. The third kappa shape index (κ3) is 6.89. The number of carbonyl (C=O) groups excluding carboxylic acids is 1. The fourth-order valence-electron chi connectivity index (χ4n) is 4.65. The van der Waals surface area contributed by atoms with Crippen molar-refractivity contribution in [3.05, 3.63) is 133 Å². The van der Waals surface area contributed by atoms with E-state index in [-0.39, 0.29) is 48.9 Å². The van der Waals surface area contributed by atoms with Crippen LogP contribution < -0.4 is 19.6 Å². The van der Waals surface area contributed by atoms with Crippen molar-refractivity contribution < 1.29 is 32.4 Å². The number of rotatable bonds is 8. The molecule has 1 aromatic heterocycles. The van der Waals surface area contributed by atoms with Gasteiger partial charge in [-0.2, -0.15) is 13.2 Å². The summed E-state index contributed by atoms with van der Waals surface area (Å²) in [4.78, 5) is 41.5. The van der Waals surface area contributed by atoms with Gasteiger partial charge in [-0.3, -0.25) is 19.5 Å². The maximum absolute atomic E-state index is 14.3. The van der Waals surface area contributed by atoms with Crippen LogP contribution in [0.1, 0.15) is 29.7 Å². The van der Waals surface area contributed by atoms with E-state index < -0.39 is 45.6 Å². The number of hydrogen-bond donors (Lipinski definition) is 0. The molecular weight excluding hydrogens is 738 g/mol. The predicted molar refractivity (Wildman–Crippen MR) is 169 cm³/mol. The van der Waals surface area contributed by atoms with Gasteiger partial charge in [-0.25, -0.2) is 9.79 Å². The van der Waals surface area contributed by atoms with Gasteiger partial charge in [-0.15, -0.1) is 0 Å². The molecule has 2 heterocycles. The summed E-state index contributed by atoms with van der Waals surface area (Å²) >= 11 is 15.8. The lowest BCUT2D eigenvalue weighted by atomic mass is 9.95. The quantitative estimate of drug-likeness (QED) is 0.110. The van der Waals surface area contributed by atoms with Gasteiger partial charge in [0.05, 0.1) is 32.2 Å². The summed E-state index contributed by atoms with van der Waals surface area (Å²) < 4.78 is 54.7. The second-order valence-electron chi connectivity index (χ2n) is 9.64. The second-order valence-corrected chi connectivity index (χ2v) is 12.4. The van der Waals surface area contributed by atoms with Crippen molar-refractivity contribution in [2.75, 3.05) is 6.61 Å². The van der Waals surface area contributed by atoms with Crippen molar-refractivity contribution in [2.45, 2.75) is 25.7 Å². The largest absolute Gasteiger partial charge is 0.481 e. The molecule has 3 aromatic carbocycles. The number of alkyl halides is 3. The maximum Gasteiger partial charge on any atom is 0.434 e. The Morgan fingerprint density at radius 3 is 2.35 bits per heavy atom. The molecule has 0 radical (unpaired) electrons. The van der Waals surface area contributed by atoms with Gasteiger partial charge in [-0.05, 0) is 76.0 Å². The van der Waals surface area contributed by atoms with E-state index in [1.807, 2.05) is 0 Å². The van der Waals surface area contributed by atoms with E-state index in [2.05, 4.69) is 20.9 Å². The second kappa shape index (κ2) is 13.4. The normalized spacial score (nSPS) is 14.9. The highest BCUT2D eigenvalue weighted by Crippen LogP contribution is 2.39. The zero-order valence-electron chi connectivity index (χ0n) is 23.3. The Kier molecular flexibility index (Phi) is 9.73. The molecule has 1 aliphatic rings. The number of allylic oxidation sites excluding steroid dienone is 1. The van der Waals surface area contributed by atoms with Gasteiger partial charge in [0.2, 0.25) is 5.75 Å². The smallest absolute Gasteiger partial charge is 0.434 e. The first-order chi connectivity index (χ1) is 21.8. The third-order valence-electron chi connectivity index (χ3n) is 6.62. The lowest BCUT2D eigenvalue weighted by Gasteiger charge is -2.26. The van der Waals surface area contributed by atoms with Crippen LogP contribution in [0.2, 0.25) is 10.0 Å². The van der Waals surface area contributed by atoms with Crippen LogP contribution in [0.25, 0.3) is 6.08 Å². The number of ether oxygens (including phenoxy) is 2. The fraction of sp³-hybridized carbons (Fsp3) is 0.167. The Bertz CT molecular complexity index is 2060. The number of thiazole rings is 1. The Balaban J connectivity index is 1.66. The van der Waals surface area contributed by atoms with Crippen LogP contribution >= 0.6 is 50.5 Å². The fourth-order valence-corrected chi connectivity index (χ4v) is 6.48. The summed E-state index contributed by atoms with van der Waals surface area (Å²) in [5.74, 6) is -1.36. The topological polar surface area (TPSA) is 113 Å². The van der Waals surface area contributed by atoms with E-state index in [1.54, 1.807) is 24.3 Å². The highest BCUT2D eigenvalue weighted by Gasteiger charge is 2.45. The van der Waals surface area contributed by atoms with E-state index in [0.717, 1.165) is 4.57 Å².